The van der Waals surface area contributed by atoms with Gasteiger partial charge in [0.05, 0.1) is 11.3 Å². The van der Waals surface area contributed by atoms with Crippen LogP contribution in [-0.2, 0) is 15.1 Å². The number of amides is 1. The van der Waals surface area contributed by atoms with Crippen molar-refractivity contribution < 1.29 is 14.3 Å². The predicted molar refractivity (Wildman–Crippen MR) is 86.7 cm³/mol. The van der Waals surface area contributed by atoms with Gasteiger partial charge in [0, 0.05) is 22.2 Å². The number of hydrogen-bond acceptors (Lipinski definition) is 3. The maximum absolute atomic E-state index is 13.3. The van der Waals surface area contributed by atoms with Crippen LogP contribution in [0.5, 0.6) is 0 Å². The lowest BCUT2D eigenvalue weighted by Crippen LogP contribution is -2.44. The van der Waals surface area contributed by atoms with Gasteiger partial charge >= 0.3 is 5.97 Å². The van der Waals surface area contributed by atoms with Crippen molar-refractivity contribution in [2.24, 2.45) is 0 Å². The van der Waals surface area contributed by atoms with E-state index in [0.717, 1.165) is 5.69 Å². The van der Waals surface area contributed by atoms with Crippen molar-refractivity contribution in [2.45, 2.75) is 25.5 Å². The van der Waals surface area contributed by atoms with Gasteiger partial charge in [-0.25, -0.2) is 4.79 Å². The highest BCUT2D eigenvalue weighted by molar-refractivity contribution is 6.31. The molecule has 0 aliphatic carbocycles. The highest BCUT2D eigenvalue weighted by Gasteiger charge is 2.60. The summed E-state index contributed by atoms with van der Waals surface area (Å²) in [5, 5.41) is 0.502. The lowest BCUT2D eigenvalue weighted by molar-refractivity contribution is -0.132. The summed E-state index contributed by atoms with van der Waals surface area (Å²) in [5.41, 5.74) is 0.956. The van der Waals surface area contributed by atoms with E-state index in [2.05, 4.69) is 0 Å². The molecule has 0 bridgehead atoms. The summed E-state index contributed by atoms with van der Waals surface area (Å²) in [5.74, 6) is -0.728. The molecule has 1 atom stereocenters. The maximum Gasteiger partial charge on any atom is 0.340 e. The van der Waals surface area contributed by atoms with Crippen molar-refractivity contribution in [2.75, 3.05) is 4.90 Å². The van der Waals surface area contributed by atoms with Crippen molar-refractivity contribution in [3.05, 3.63) is 64.2 Å². The molecule has 0 saturated heterocycles. The van der Waals surface area contributed by atoms with Gasteiger partial charge in [-0.15, -0.1) is 0 Å². The lowest BCUT2D eigenvalue weighted by Gasteiger charge is -2.25. The quantitative estimate of drug-likeness (QED) is 0.753. The fraction of sp³-hybridized carbons (Fsp3) is 0.222. The number of rotatable bonds is 1. The van der Waals surface area contributed by atoms with E-state index in [1.54, 1.807) is 47.4 Å². The minimum atomic E-state index is -1.42. The number of anilines is 1. The molecule has 2 aliphatic heterocycles. The van der Waals surface area contributed by atoms with E-state index in [1.165, 1.54) is 0 Å². The molecule has 1 spiro atoms. The van der Waals surface area contributed by atoms with Crippen LogP contribution in [0.25, 0.3) is 0 Å². The average Bonchev–Trinajstić information content (AvgIpc) is 2.95. The van der Waals surface area contributed by atoms with Gasteiger partial charge in [-0.1, -0.05) is 29.8 Å². The fourth-order valence-corrected chi connectivity index (χ4v) is 3.66. The summed E-state index contributed by atoms with van der Waals surface area (Å²) in [4.78, 5) is 27.2. The van der Waals surface area contributed by atoms with Crippen molar-refractivity contribution in [1.82, 2.24) is 0 Å². The van der Waals surface area contributed by atoms with Gasteiger partial charge < -0.3 is 9.64 Å². The summed E-state index contributed by atoms with van der Waals surface area (Å²) in [7, 11) is 0. The second-order valence-electron chi connectivity index (χ2n) is 6.05. The Bertz CT molecular complexity index is 861. The molecule has 5 heteroatoms. The Hall–Kier alpha value is -2.33. The number of ether oxygens (including phenoxy) is 1. The van der Waals surface area contributed by atoms with Crippen LogP contribution >= 0.6 is 11.6 Å². The minimum Gasteiger partial charge on any atom is -0.435 e. The van der Waals surface area contributed by atoms with E-state index in [0.29, 0.717) is 21.7 Å². The second-order valence-corrected chi connectivity index (χ2v) is 6.48. The van der Waals surface area contributed by atoms with E-state index < -0.39 is 11.6 Å². The largest absolute Gasteiger partial charge is 0.435 e. The van der Waals surface area contributed by atoms with Crippen LogP contribution < -0.4 is 4.90 Å². The molecule has 1 amide bonds. The summed E-state index contributed by atoms with van der Waals surface area (Å²) in [6.45, 7) is 3.86. The third-order valence-corrected chi connectivity index (χ3v) is 4.64. The smallest absolute Gasteiger partial charge is 0.340 e. The number of carbonyl (C=O) groups is 2. The molecule has 0 aromatic heterocycles. The standard InChI is InChI=1S/C18H14ClNO3/c1-10(2)20-15-8-7-11(19)9-14(15)18(17(20)22)13-6-4-3-5-12(13)16(21)23-18/h3-10H,1-2H3. The van der Waals surface area contributed by atoms with Crippen molar-refractivity contribution in [3.63, 3.8) is 0 Å². The molecule has 2 aliphatic rings. The van der Waals surface area contributed by atoms with Crippen LogP contribution in [0.1, 0.15) is 35.3 Å². The van der Waals surface area contributed by atoms with Crippen molar-refractivity contribution in [1.29, 1.82) is 0 Å². The molecule has 0 saturated carbocycles. The number of halogens is 1. The first-order valence-corrected chi connectivity index (χ1v) is 7.81. The molecule has 4 nitrogen and oxygen atoms in total. The highest BCUT2D eigenvalue weighted by atomic mass is 35.5. The van der Waals surface area contributed by atoms with Crippen LogP contribution in [0.2, 0.25) is 5.02 Å². The van der Waals surface area contributed by atoms with Gasteiger partial charge in [-0.05, 0) is 38.1 Å². The van der Waals surface area contributed by atoms with E-state index in [-0.39, 0.29) is 11.9 Å². The minimum absolute atomic E-state index is 0.0618. The first-order valence-electron chi connectivity index (χ1n) is 7.43. The molecule has 0 fully saturated rings. The molecule has 0 N–H and O–H groups in total. The summed E-state index contributed by atoms with van der Waals surface area (Å²) in [6, 6.07) is 12.2. The van der Waals surface area contributed by atoms with Gasteiger partial charge in [0.15, 0.2) is 0 Å². The van der Waals surface area contributed by atoms with Gasteiger partial charge in [-0.3, -0.25) is 4.79 Å². The van der Waals surface area contributed by atoms with Crippen molar-refractivity contribution in [3.8, 4) is 0 Å². The normalized spacial score (nSPS) is 21.8. The average molecular weight is 328 g/mol. The molecule has 2 aromatic carbocycles. The second kappa shape index (κ2) is 4.59. The van der Waals surface area contributed by atoms with Crippen LogP contribution in [0.4, 0.5) is 5.69 Å². The number of fused-ring (bicyclic) bond motifs is 4. The Morgan fingerprint density at radius 3 is 2.57 bits per heavy atom. The Balaban J connectivity index is 2.07. The van der Waals surface area contributed by atoms with Gasteiger partial charge in [0.2, 0.25) is 5.60 Å². The third-order valence-electron chi connectivity index (χ3n) is 4.41. The van der Waals surface area contributed by atoms with Crippen molar-refractivity contribution >= 4 is 29.2 Å². The molecule has 0 radical (unpaired) electrons. The predicted octanol–water partition coefficient (Wildman–Crippen LogP) is 3.51. The number of esters is 1. The summed E-state index contributed by atoms with van der Waals surface area (Å²) >= 11 is 6.15. The number of carbonyl (C=O) groups excluding carboxylic acids is 2. The number of hydrogen-bond donors (Lipinski definition) is 0. The van der Waals surface area contributed by atoms with Crippen LogP contribution in [0.15, 0.2) is 42.5 Å². The van der Waals surface area contributed by atoms with E-state index in [9.17, 15) is 9.59 Å². The van der Waals surface area contributed by atoms with E-state index >= 15 is 0 Å². The number of benzene rings is 2. The zero-order valence-electron chi connectivity index (χ0n) is 12.7. The molecule has 2 heterocycles. The van der Waals surface area contributed by atoms with Gasteiger partial charge in [0.1, 0.15) is 0 Å². The highest BCUT2D eigenvalue weighted by Crippen LogP contribution is 2.52. The van der Waals surface area contributed by atoms with Crippen LogP contribution in [0.3, 0.4) is 0 Å². The van der Waals surface area contributed by atoms with Gasteiger partial charge in [0.25, 0.3) is 5.91 Å². The molecule has 23 heavy (non-hydrogen) atoms. The first kappa shape index (κ1) is 14.3. The zero-order valence-corrected chi connectivity index (χ0v) is 13.4. The molecular weight excluding hydrogens is 314 g/mol. The Labute approximate surface area is 138 Å². The monoisotopic (exact) mass is 327 g/mol. The lowest BCUT2D eigenvalue weighted by atomic mass is 9.86. The first-order chi connectivity index (χ1) is 11.0. The topological polar surface area (TPSA) is 46.6 Å². The third kappa shape index (κ3) is 1.67. The van der Waals surface area contributed by atoms with Crippen LogP contribution in [0, 0.1) is 0 Å². The van der Waals surface area contributed by atoms with E-state index in [4.69, 9.17) is 16.3 Å². The molecule has 116 valence electrons. The Morgan fingerprint density at radius 2 is 1.83 bits per heavy atom. The number of nitrogens with zero attached hydrogens (tertiary/aromatic N) is 1. The Kier molecular flexibility index (Phi) is 2.85. The Morgan fingerprint density at radius 1 is 1.09 bits per heavy atom. The zero-order chi connectivity index (χ0) is 16.4. The summed E-state index contributed by atoms with van der Waals surface area (Å²) in [6.07, 6.45) is 0. The maximum atomic E-state index is 13.3. The fourth-order valence-electron chi connectivity index (χ4n) is 3.48. The molecule has 4 rings (SSSR count). The van der Waals surface area contributed by atoms with Crippen LogP contribution in [-0.4, -0.2) is 17.9 Å². The molecular formula is C18H14ClNO3. The van der Waals surface area contributed by atoms with E-state index in [1.807, 2.05) is 13.8 Å². The molecule has 1 unspecified atom stereocenters. The SMILES string of the molecule is CC(C)N1C(=O)C2(OC(=O)c3ccccc32)c2cc(Cl)ccc21. The summed E-state index contributed by atoms with van der Waals surface area (Å²) < 4.78 is 5.67. The van der Waals surface area contributed by atoms with Gasteiger partial charge in [-0.2, -0.15) is 0 Å². The molecule has 2 aromatic rings.